The molecule has 2 atom stereocenters. The molecule has 1 saturated heterocycles. The molecule has 0 bridgehead atoms. The van der Waals surface area contributed by atoms with Crippen LogP contribution in [0.5, 0.6) is 0 Å². The van der Waals surface area contributed by atoms with Gasteiger partial charge < -0.3 is 10.2 Å². The van der Waals surface area contributed by atoms with Gasteiger partial charge in [-0.2, -0.15) is 11.3 Å². The lowest BCUT2D eigenvalue weighted by molar-refractivity contribution is 0.253. The van der Waals surface area contributed by atoms with Crippen LogP contribution in [0, 0.1) is 5.92 Å². The van der Waals surface area contributed by atoms with E-state index in [9.17, 15) is 0 Å². The van der Waals surface area contributed by atoms with Crippen LogP contribution < -0.4 is 10.2 Å². The van der Waals surface area contributed by atoms with Crippen molar-refractivity contribution in [2.24, 2.45) is 5.92 Å². The molecule has 0 radical (unpaired) electrons. The lowest BCUT2D eigenvalue weighted by Crippen LogP contribution is -2.64. The number of nitrogens with zero attached hydrogens (tertiary/aromatic N) is 1. The summed E-state index contributed by atoms with van der Waals surface area (Å²) in [4.78, 5) is 2.60. The lowest BCUT2D eigenvalue weighted by Gasteiger charge is -2.48. The summed E-state index contributed by atoms with van der Waals surface area (Å²) in [6, 6.07) is 2.87. The third-order valence-electron chi connectivity index (χ3n) is 4.05. The van der Waals surface area contributed by atoms with Gasteiger partial charge in [0.15, 0.2) is 0 Å². The molecule has 1 fully saturated rings. The zero-order chi connectivity index (χ0) is 12.5. The summed E-state index contributed by atoms with van der Waals surface area (Å²) in [5.41, 5.74) is 1.66. The van der Waals surface area contributed by atoms with E-state index >= 15 is 0 Å². The third kappa shape index (κ3) is 2.66. The van der Waals surface area contributed by atoms with Crippen LogP contribution in [0.3, 0.4) is 0 Å². The number of piperazine rings is 1. The number of thiophene rings is 1. The van der Waals surface area contributed by atoms with Crippen LogP contribution in [0.4, 0.5) is 5.69 Å². The first-order valence-corrected chi connectivity index (χ1v) is 7.54. The molecule has 1 aliphatic heterocycles. The van der Waals surface area contributed by atoms with Gasteiger partial charge in [0.1, 0.15) is 0 Å². The molecule has 96 valence electrons. The molecule has 2 nitrogen and oxygen atoms in total. The first-order chi connectivity index (χ1) is 8.06. The predicted octanol–water partition coefficient (Wildman–Crippen LogP) is 3.35. The van der Waals surface area contributed by atoms with Crippen molar-refractivity contribution in [3.8, 4) is 0 Å². The van der Waals surface area contributed by atoms with Crippen molar-refractivity contribution in [1.29, 1.82) is 0 Å². The standard InChI is InChI=1S/C14H24N2S/c1-5-14(4)10-16(12-6-7-17-9-12)13(8-15-14)11(2)3/h6-7,9,11,13,15H,5,8,10H2,1-4H3. The maximum atomic E-state index is 3.73. The molecule has 0 saturated carbocycles. The van der Waals surface area contributed by atoms with Crippen LogP contribution >= 0.6 is 11.3 Å². The first kappa shape index (κ1) is 12.9. The Kier molecular flexibility index (Phi) is 3.79. The smallest absolute Gasteiger partial charge is 0.0478 e. The van der Waals surface area contributed by atoms with E-state index < -0.39 is 0 Å². The summed E-state index contributed by atoms with van der Waals surface area (Å²) in [5.74, 6) is 0.684. The Hall–Kier alpha value is -0.540. The molecule has 1 N–H and O–H groups in total. The van der Waals surface area contributed by atoms with Crippen LogP contribution in [-0.2, 0) is 0 Å². The Labute approximate surface area is 109 Å². The van der Waals surface area contributed by atoms with Crippen molar-refractivity contribution in [3.63, 3.8) is 0 Å². The highest BCUT2D eigenvalue weighted by atomic mass is 32.1. The number of anilines is 1. The third-order valence-corrected chi connectivity index (χ3v) is 4.72. The van der Waals surface area contributed by atoms with E-state index in [1.165, 1.54) is 12.1 Å². The second-order valence-electron chi connectivity index (χ2n) is 5.72. The Morgan fingerprint density at radius 1 is 1.59 bits per heavy atom. The van der Waals surface area contributed by atoms with Gasteiger partial charge in [-0.05, 0) is 30.7 Å². The molecule has 0 aliphatic carbocycles. The van der Waals surface area contributed by atoms with Crippen molar-refractivity contribution in [3.05, 3.63) is 16.8 Å². The summed E-state index contributed by atoms with van der Waals surface area (Å²) >= 11 is 1.79. The van der Waals surface area contributed by atoms with Gasteiger partial charge in [0, 0.05) is 35.7 Å². The highest BCUT2D eigenvalue weighted by Crippen LogP contribution is 2.29. The maximum absolute atomic E-state index is 3.73. The fourth-order valence-electron chi connectivity index (χ4n) is 2.55. The van der Waals surface area contributed by atoms with Crippen LogP contribution in [0.1, 0.15) is 34.1 Å². The molecule has 0 amide bonds. The average Bonchev–Trinajstić information content (AvgIpc) is 2.82. The fraction of sp³-hybridized carbons (Fsp3) is 0.714. The largest absolute Gasteiger partial charge is 0.365 e. The van der Waals surface area contributed by atoms with Gasteiger partial charge in [0.25, 0.3) is 0 Å². The van der Waals surface area contributed by atoms with Crippen LogP contribution in [0.2, 0.25) is 0 Å². The molecular formula is C14H24N2S. The molecule has 2 heterocycles. The maximum Gasteiger partial charge on any atom is 0.0478 e. The Bertz CT molecular complexity index is 347. The van der Waals surface area contributed by atoms with Gasteiger partial charge in [-0.1, -0.05) is 20.8 Å². The quantitative estimate of drug-likeness (QED) is 0.887. The van der Waals surface area contributed by atoms with Crippen molar-refractivity contribution < 1.29 is 0 Å². The van der Waals surface area contributed by atoms with E-state index in [0.717, 1.165) is 13.1 Å². The Morgan fingerprint density at radius 3 is 2.88 bits per heavy atom. The summed E-state index contributed by atoms with van der Waals surface area (Å²) in [5, 5.41) is 8.18. The Morgan fingerprint density at radius 2 is 2.35 bits per heavy atom. The van der Waals surface area contributed by atoms with Crippen molar-refractivity contribution in [2.75, 3.05) is 18.0 Å². The van der Waals surface area contributed by atoms with Gasteiger partial charge in [0.05, 0.1) is 0 Å². The second-order valence-corrected chi connectivity index (χ2v) is 6.50. The average molecular weight is 252 g/mol. The normalized spacial score (nSPS) is 29.9. The molecule has 1 aromatic rings. The molecule has 1 aromatic heterocycles. The molecule has 2 rings (SSSR count). The van der Waals surface area contributed by atoms with Crippen molar-refractivity contribution in [2.45, 2.75) is 45.7 Å². The monoisotopic (exact) mass is 252 g/mol. The number of hydrogen-bond acceptors (Lipinski definition) is 3. The second kappa shape index (κ2) is 4.99. The van der Waals surface area contributed by atoms with Crippen LogP contribution in [-0.4, -0.2) is 24.7 Å². The first-order valence-electron chi connectivity index (χ1n) is 6.59. The number of nitrogens with one attached hydrogen (secondary N) is 1. The summed E-state index contributed by atoms with van der Waals surface area (Å²) in [7, 11) is 0. The van der Waals surface area contributed by atoms with E-state index in [1.54, 1.807) is 11.3 Å². The van der Waals surface area contributed by atoms with E-state index in [0.29, 0.717) is 12.0 Å². The van der Waals surface area contributed by atoms with Crippen LogP contribution in [0.25, 0.3) is 0 Å². The van der Waals surface area contributed by atoms with Gasteiger partial charge in [0.2, 0.25) is 0 Å². The fourth-order valence-corrected chi connectivity index (χ4v) is 3.20. The molecule has 3 heteroatoms. The predicted molar refractivity (Wildman–Crippen MR) is 77.0 cm³/mol. The number of hydrogen-bond donors (Lipinski definition) is 1. The number of rotatable bonds is 3. The van der Waals surface area contributed by atoms with E-state index in [-0.39, 0.29) is 5.54 Å². The van der Waals surface area contributed by atoms with Gasteiger partial charge in [-0.15, -0.1) is 0 Å². The highest BCUT2D eigenvalue weighted by Gasteiger charge is 2.35. The molecule has 0 aromatic carbocycles. The zero-order valence-corrected chi connectivity index (χ0v) is 12.2. The minimum absolute atomic E-state index is 0.257. The van der Waals surface area contributed by atoms with Gasteiger partial charge >= 0.3 is 0 Å². The van der Waals surface area contributed by atoms with Gasteiger partial charge in [-0.25, -0.2) is 0 Å². The Balaban J connectivity index is 2.22. The molecule has 1 aliphatic rings. The highest BCUT2D eigenvalue weighted by molar-refractivity contribution is 7.08. The molecule has 17 heavy (non-hydrogen) atoms. The van der Waals surface area contributed by atoms with Crippen molar-refractivity contribution in [1.82, 2.24) is 5.32 Å². The SMILES string of the molecule is CCC1(C)CN(c2ccsc2)C(C(C)C)CN1. The summed E-state index contributed by atoms with van der Waals surface area (Å²) in [6.07, 6.45) is 1.18. The summed E-state index contributed by atoms with van der Waals surface area (Å²) in [6.45, 7) is 11.5. The van der Waals surface area contributed by atoms with Gasteiger partial charge in [-0.3, -0.25) is 0 Å². The molecule has 2 unspecified atom stereocenters. The molecule has 0 spiro atoms. The topological polar surface area (TPSA) is 15.3 Å². The molecular weight excluding hydrogens is 228 g/mol. The summed E-state index contributed by atoms with van der Waals surface area (Å²) < 4.78 is 0. The minimum Gasteiger partial charge on any atom is -0.365 e. The zero-order valence-electron chi connectivity index (χ0n) is 11.4. The van der Waals surface area contributed by atoms with Crippen LogP contribution in [0.15, 0.2) is 16.8 Å². The van der Waals surface area contributed by atoms with E-state index in [4.69, 9.17) is 0 Å². The van der Waals surface area contributed by atoms with Crippen molar-refractivity contribution >= 4 is 17.0 Å². The lowest BCUT2D eigenvalue weighted by atomic mass is 9.89. The minimum atomic E-state index is 0.257. The van der Waals surface area contributed by atoms with E-state index in [2.05, 4.69) is 54.7 Å². The van der Waals surface area contributed by atoms with E-state index in [1.807, 2.05) is 0 Å².